The smallest absolute Gasteiger partial charge is 0.325 e. The zero-order valence-electron chi connectivity index (χ0n) is 20.3. The van der Waals surface area contributed by atoms with Crippen LogP contribution in [-0.2, 0) is 27.8 Å². The van der Waals surface area contributed by atoms with Crippen LogP contribution in [0.15, 0.2) is 36.4 Å². The van der Waals surface area contributed by atoms with Gasteiger partial charge in [0.2, 0.25) is 0 Å². The molecule has 2 aliphatic heterocycles. The molecular weight excluding hydrogens is 426 g/mol. The summed E-state index contributed by atoms with van der Waals surface area (Å²) in [5, 5.41) is 13.4. The maximum atomic E-state index is 12.2. The van der Waals surface area contributed by atoms with Crippen LogP contribution in [0.2, 0.25) is 0 Å². The second-order valence-electron chi connectivity index (χ2n) is 10.5. The number of benzene rings is 1. The Morgan fingerprint density at radius 3 is 2.82 bits per heavy atom. The lowest BCUT2D eigenvalue weighted by atomic mass is 9.88. The first-order valence-corrected chi connectivity index (χ1v) is 12.9. The lowest BCUT2D eigenvalue weighted by Crippen LogP contribution is -2.55. The van der Waals surface area contributed by atoms with E-state index in [0.717, 1.165) is 69.5 Å². The molecule has 1 atom stereocenters. The largest absolute Gasteiger partial charge is 0.480 e. The molecule has 6 heteroatoms. The summed E-state index contributed by atoms with van der Waals surface area (Å²) in [6.07, 6.45) is 9.01. The summed E-state index contributed by atoms with van der Waals surface area (Å²) < 4.78 is 6.05. The molecule has 1 saturated carbocycles. The van der Waals surface area contributed by atoms with Gasteiger partial charge in [-0.05, 0) is 73.1 Å². The minimum Gasteiger partial charge on any atom is -0.480 e. The first-order valence-electron chi connectivity index (χ1n) is 12.9. The number of carboxylic acids is 1. The number of anilines is 1. The molecule has 0 bridgehead atoms. The van der Waals surface area contributed by atoms with E-state index in [2.05, 4.69) is 30.4 Å². The monoisotopic (exact) mass is 463 g/mol. The molecule has 6 nitrogen and oxygen atoms in total. The van der Waals surface area contributed by atoms with Crippen molar-refractivity contribution in [3.8, 4) is 0 Å². The molecule has 2 aromatic rings. The molecule has 3 aliphatic rings. The average Bonchev–Trinajstić information content (AvgIpc) is 3.57. The average molecular weight is 464 g/mol. The lowest BCUT2D eigenvalue weighted by Gasteiger charge is -2.43. The Balaban J connectivity index is 1.03. The second kappa shape index (κ2) is 10.0. The number of ether oxygens (including phenoxy) is 1. The number of hydrogen-bond donors (Lipinski definition) is 2. The van der Waals surface area contributed by atoms with Gasteiger partial charge >= 0.3 is 5.97 Å². The molecule has 1 aliphatic carbocycles. The normalized spacial score (nSPS) is 20.1. The molecule has 5 rings (SSSR count). The number of aryl methyl sites for hydroxylation is 2. The number of carboxylic acid groups (broad SMARTS) is 1. The van der Waals surface area contributed by atoms with E-state index >= 15 is 0 Å². The number of aromatic nitrogens is 1. The Labute approximate surface area is 202 Å². The summed E-state index contributed by atoms with van der Waals surface area (Å²) in [5.74, 6) is 0.316. The van der Waals surface area contributed by atoms with Gasteiger partial charge in [-0.3, -0.25) is 9.69 Å². The van der Waals surface area contributed by atoms with Crippen LogP contribution in [0.25, 0.3) is 0 Å². The minimum atomic E-state index is -0.763. The first kappa shape index (κ1) is 23.3. The van der Waals surface area contributed by atoms with Gasteiger partial charge < -0.3 is 15.2 Å². The number of rotatable bonds is 11. The van der Waals surface area contributed by atoms with E-state index in [1.165, 1.54) is 23.2 Å². The molecule has 34 heavy (non-hydrogen) atoms. The Kier molecular flexibility index (Phi) is 6.89. The third-order valence-corrected chi connectivity index (χ3v) is 7.76. The molecule has 1 aromatic carbocycles. The summed E-state index contributed by atoms with van der Waals surface area (Å²) in [6, 6.07) is 11.9. The fourth-order valence-electron chi connectivity index (χ4n) is 5.36. The van der Waals surface area contributed by atoms with Crippen LogP contribution >= 0.6 is 0 Å². The Morgan fingerprint density at radius 2 is 2.03 bits per heavy atom. The van der Waals surface area contributed by atoms with E-state index in [4.69, 9.17) is 9.72 Å². The van der Waals surface area contributed by atoms with Crippen molar-refractivity contribution >= 4 is 11.8 Å². The van der Waals surface area contributed by atoms with Gasteiger partial charge in [-0.2, -0.15) is 0 Å². The quantitative estimate of drug-likeness (QED) is 0.469. The Morgan fingerprint density at radius 1 is 1.21 bits per heavy atom. The highest BCUT2D eigenvalue weighted by atomic mass is 16.5. The molecule has 0 radical (unpaired) electrons. The fourth-order valence-corrected chi connectivity index (χ4v) is 5.36. The number of fused-ring (bicyclic) bond motifs is 1. The molecule has 0 spiro atoms. The van der Waals surface area contributed by atoms with Crippen LogP contribution in [-0.4, -0.2) is 53.3 Å². The maximum Gasteiger partial charge on any atom is 0.325 e. The number of aliphatic carboxylic acids is 1. The van der Waals surface area contributed by atoms with E-state index in [-0.39, 0.29) is 11.5 Å². The highest BCUT2D eigenvalue weighted by molar-refractivity contribution is 5.76. The standard InChI is InChI=1S/C28H37N3O3/c1-28(14-15-28)24-11-5-4-10-23(24)25(27(32)33)31-18-22(19-31)34-17-6-2-3-9-21-13-12-20-8-7-16-29-26(20)30-21/h4-5,10-13,22,25H,2-3,6-9,14-19H2,1H3,(H,29,30)(H,32,33). The number of nitrogens with one attached hydrogen (secondary N) is 1. The van der Waals surface area contributed by atoms with Gasteiger partial charge in [0.25, 0.3) is 0 Å². The highest BCUT2D eigenvalue weighted by Crippen LogP contribution is 2.50. The predicted octanol–water partition coefficient (Wildman–Crippen LogP) is 4.73. The van der Waals surface area contributed by atoms with Crippen molar-refractivity contribution in [2.75, 3.05) is 31.6 Å². The van der Waals surface area contributed by atoms with Crippen LogP contribution in [0.3, 0.4) is 0 Å². The number of pyridine rings is 1. The van der Waals surface area contributed by atoms with Crippen molar-refractivity contribution in [1.82, 2.24) is 9.88 Å². The summed E-state index contributed by atoms with van der Waals surface area (Å²) in [4.78, 5) is 19.0. The van der Waals surface area contributed by atoms with E-state index in [0.29, 0.717) is 13.1 Å². The predicted molar refractivity (Wildman–Crippen MR) is 133 cm³/mol. The number of likely N-dealkylation sites (tertiary alicyclic amines) is 1. The second-order valence-corrected chi connectivity index (χ2v) is 10.5. The molecule has 1 unspecified atom stereocenters. The van der Waals surface area contributed by atoms with Crippen LogP contribution in [0.4, 0.5) is 5.82 Å². The van der Waals surface area contributed by atoms with Gasteiger partial charge in [0, 0.05) is 31.9 Å². The van der Waals surface area contributed by atoms with E-state index < -0.39 is 12.0 Å². The van der Waals surface area contributed by atoms with Crippen molar-refractivity contribution in [2.45, 2.75) is 75.9 Å². The molecule has 3 heterocycles. The number of hydrogen-bond acceptors (Lipinski definition) is 5. The van der Waals surface area contributed by atoms with Crippen LogP contribution in [0.5, 0.6) is 0 Å². The van der Waals surface area contributed by atoms with Gasteiger partial charge in [-0.1, -0.05) is 43.7 Å². The first-order chi connectivity index (χ1) is 16.5. The fraction of sp³-hybridized carbons (Fsp3) is 0.571. The highest BCUT2D eigenvalue weighted by Gasteiger charge is 2.45. The molecule has 1 saturated heterocycles. The third kappa shape index (κ3) is 5.13. The van der Waals surface area contributed by atoms with Crippen LogP contribution < -0.4 is 5.32 Å². The number of nitrogens with zero attached hydrogens (tertiary/aromatic N) is 2. The zero-order chi connectivity index (χ0) is 23.5. The van der Waals surface area contributed by atoms with E-state index in [1.54, 1.807) is 0 Å². The summed E-state index contributed by atoms with van der Waals surface area (Å²) >= 11 is 0. The van der Waals surface area contributed by atoms with Crippen LogP contribution in [0, 0.1) is 0 Å². The third-order valence-electron chi connectivity index (χ3n) is 7.76. The maximum absolute atomic E-state index is 12.2. The SMILES string of the molecule is CC1(c2ccccc2C(C(=O)O)N2CC(OCCCCCc3ccc4c(n3)NCCC4)C2)CC1. The summed E-state index contributed by atoms with van der Waals surface area (Å²) in [7, 11) is 0. The van der Waals surface area contributed by atoms with Gasteiger partial charge in [-0.25, -0.2) is 4.98 Å². The van der Waals surface area contributed by atoms with Crippen molar-refractivity contribution in [3.63, 3.8) is 0 Å². The van der Waals surface area contributed by atoms with Crippen molar-refractivity contribution in [1.29, 1.82) is 0 Å². The van der Waals surface area contributed by atoms with Crippen LogP contribution in [0.1, 0.15) is 73.9 Å². The van der Waals surface area contributed by atoms with Gasteiger partial charge in [0.1, 0.15) is 11.9 Å². The lowest BCUT2D eigenvalue weighted by molar-refractivity contribution is -0.151. The van der Waals surface area contributed by atoms with Gasteiger partial charge in [0.05, 0.1) is 6.10 Å². The molecule has 0 amide bonds. The molecule has 2 fully saturated rings. The topological polar surface area (TPSA) is 74.7 Å². The Hall–Kier alpha value is -2.44. The van der Waals surface area contributed by atoms with Crippen molar-refractivity contribution < 1.29 is 14.6 Å². The zero-order valence-corrected chi connectivity index (χ0v) is 20.3. The molecule has 2 N–H and O–H groups in total. The van der Waals surface area contributed by atoms with Crippen molar-refractivity contribution in [3.05, 3.63) is 58.8 Å². The molecule has 1 aromatic heterocycles. The Bertz CT molecular complexity index is 1010. The summed E-state index contributed by atoms with van der Waals surface area (Å²) in [6.45, 7) is 5.38. The van der Waals surface area contributed by atoms with Gasteiger partial charge in [0.15, 0.2) is 0 Å². The number of unbranched alkanes of at least 4 members (excludes halogenated alkanes) is 2. The summed E-state index contributed by atoms with van der Waals surface area (Å²) in [5.41, 5.74) is 4.82. The van der Waals surface area contributed by atoms with Gasteiger partial charge in [-0.15, -0.1) is 0 Å². The number of carbonyl (C=O) groups is 1. The van der Waals surface area contributed by atoms with E-state index in [1.807, 2.05) is 23.1 Å². The van der Waals surface area contributed by atoms with E-state index in [9.17, 15) is 9.90 Å². The molecular formula is C28H37N3O3. The molecule has 182 valence electrons. The van der Waals surface area contributed by atoms with Crippen molar-refractivity contribution in [2.24, 2.45) is 0 Å². The minimum absolute atomic E-state index is 0.138.